The first kappa shape index (κ1) is 26.7. The number of benzene rings is 2. The maximum atomic E-state index is 13.8. The van der Waals surface area contributed by atoms with Crippen LogP contribution in [0, 0.1) is 13.8 Å². The first-order valence-electron chi connectivity index (χ1n) is 11.2. The van der Waals surface area contributed by atoms with Gasteiger partial charge >= 0.3 is 0 Å². The van der Waals surface area contributed by atoms with Gasteiger partial charge in [-0.05, 0) is 69.2 Å². The van der Waals surface area contributed by atoms with Crippen LogP contribution in [-0.4, -0.2) is 60.8 Å². The Bertz CT molecular complexity index is 1130. The van der Waals surface area contributed by atoms with E-state index in [1.807, 2.05) is 0 Å². The Morgan fingerprint density at radius 2 is 1.85 bits per heavy atom. The Morgan fingerprint density at radius 3 is 2.53 bits per heavy atom. The summed E-state index contributed by atoms with van der Waals surface area (Å²) in [4.78, 5) is 22.8. The average molecular weight is 525 g/mol. The number of hydrogen-bond donors (Lipinski definition) is 0. The van der Waals surface area contributed by atoms with Crippen LogP contribution in [0.3, 0.4) is 0 Å². The normalized spacial score (nSPS) is 14.6. The molecule has 3 aromatic rings. The van der Waals surface area contributed by atoms with Crippen LogP contribution in [-0.2, 0) is 9.53 Å². The number of ether oxygens (including phenoxy) is 2. The van der Waals surface area contributed by atoms with Crippen molar-refractivity contribution in [2.24, 2.45) is 0 Å². The van der Waals surface area contributed by atoms with Crippen molar-refractivity contribution in [3.05, 3.63) is 52.5 Å². The predicted octanol–water partition coefficient (Wildman–Crippen LogP) is 5.51. The highest BCUT2D eigenvalue weighted by Crippen LogP contribution is 2.33. The van der Waals surface area contributed by atoms with Gasteiger partial charge in [0.05, 0.1) is 23.4 Å². The zero-order valence-corrected chi connectivity index (χ0v) is 22.4. The van der Waals surface area contributed by atoms with Crippen molar-refractivity contribution < 1.29 is 14.3 Å². The van der Waals surface area contributed by atoms with Crippen molar-refractivity contribution in [1.29, 1.82) is 0 Å². The Balaban J connectivity index is 0.00000324. The maximum absolute atomic E-state index is 13.8. The Labute approximate surface area is 216 Å². The second kappa shape index (κ2) is 11.2. The number of carbonyl (C=O) groups is 1. The summed E-state index contributed by atoms with van der Waals surface area (Å²) in [7, 11) is 0. The molecule has 1 aliphatic rings. The van der Waals surface area contributed by atoms with Crippen molar-refractivity contribution in [3.8, 4) is 5.75 Å². The lowest BCUT2D eigenvalue weighted by molar-refractivity contribution is -0.131. The van der Waals surface area contributed by atoms with Gasteiger partial charge in [0.15, 0.2) is 10.7 Å². The Hall–Kier alpha value is -1.90. The topological polar surface area (TPSA) is 54.9 Å². The molecule has 34 heavy (non-hydrogen) atoms. The van der Waals surface area contributed by atoms with Crippen LogP contribution >= 0.6 is 35.3 Å². The third kappa shape index (κ3) is 6.01. The molecule has 1 saturated heterocycles. The van der Waals surface area contributed by atoms with E-state index in [0.29, 0.717) is 22.4 Å². The summed E-state index contributed by atoms with van der Waals surface area (Å²) in [5, 5.41) is 1.32. The molecule has 0 N–H and O–H groups in total. The summed E-state index contributed by atoms with van der Waals surface area (Å²) in [6, 6.07) is 11.3. The van der Waals surface area contributed by atoms with Crippen molar-refractivity contribution in [2.75, 3.05) is 44.3 Å². The fourth-order valence-electron chi connectivity index (χ4n) is 3.85. The molecule has 2 aromatic carbocycles. The predicted molar refractivity (Wildman–Crippen MR) is 142 cm³/mol. The Kier molecular flexibility index (Phi) is 8.82. The quantitative estimate of drug-likeness (QED) is 0.408. The number of morpholine rings is 1. The van der Waals surface area contributed by atoms with E-state index in [0.717, 1.165) is 48.6 Å². The number of amides is 1. The minimum absolute atomic E-state index is 0. The summed E-state index contributed by atoms with van der Waals surface area (Å²) >= 11 is 7.55. The van der Waals surface area contributed by atoms with Crippen LogP contribution in [0.5, 0.6) is 5.75 Å². The molecule has 0 spiro atoms. The molecule has 4 rings (SSSR count). The van der Waals surface area contributed by atoms with E-state index in [9.17, 15) is 4.79 Å². The SMILES string of the molecule is Cc1ccc2sc(N(CCN3CCOCC3)C(=O)C(C)(C)Oc3ccc(Cl)cc3)nc2c1C.Cl. The standard InChI is InChI=1S/C25H30ClN3O3S.ClH/c1-17-5-10-21-22(18(17)2)27-24(33-21)29(12-11-28-13-15-31-16-14-28)23(30)25(3,4)32-20-8-6-19(26)7-9-20;/h5-10H,11-16H2,1-4H3;1H. The van der Waals surface area contributed by atoms with E-state index < -0.39 is 5.60 Å². The number of aryl methyl sites for hydroxylation is 2. The minimum Gasteiger partial charge on any atom is -0.478 e. The van der Waals surface area contributed by atoms with Gasteiger partial charge in [-0.1, -0.05) is 29.0 Å². The summed E-state index contributed by atoms with van der Waals surface area (Å²) in [6.45, 7) is 12.2. The van der Waals surface area contributed by atoms with Crippen LogP contribution < -0.4 is 9.64 Å². The summed E-state index contributed by atoms with van der Waals surface area (Å²) in [5.74, 6) is 0.473. The number of fused-ring (bicyclic) bond motifs is 1. The molecule has 1 aromatic heterocycles. The molecule has 1 fully saturated rings. The number of anilines is 1. The molecule has 0 aliphatic carbocycles. The molecule has 2 heterocycles. The minimum atomic E-state index is -1.08. The fourth-order valence-corrected chi connectivity index (χ4v) is 5.02. The number of rotatable bonds is 7. The lowest BCUT2D eigenvalue weighted by Gasteiger charge is -2.33. The third-order valence-corrected chi connectivity index (χ3v) is 7.29. The molecule has 1 aliphatic heterocycles. The lowest BCUT2D eigenvalue weighted by Crippen LogP contribution is -2.51. The number of thiazole rings is 1. The van der Waals surface area contributed by atoms with Crippen molar-refractivity contribution >= 4 is 56.6 Å². The van der Waals surface area contributed by atoms with Gasteiger partial charge in [-0.15, -0.1) is 12.4 Å². The van der Waals surface area contributed by atoms with Crippen LogP contribution in [0.1, 0.15) is 25.0 Å². The van der Waals surface area contributed by atoms with Gasteiger partial charge in [0.25, 0.3) is 5.91 Å². The van der Waals surface area contributed by atoms with E-state index in [4.69, 9.17) is 26.1 Å². The summed E-state index contributed by atoms with van der Waals surface area (Å²) in [5.41, 5.74) is 2.21. The zero-order valence-electron chi connectivity index (χ0n) is 20.0. The highest BCUT2D eigenvalue weighted by atomic mass is 35.5. The van der Waals surface area contributed by atoms with Gasteiger partial charge in [-0.2, -0.15) is 0 Å². The van der Waals surface area contributed by atoms with E-state index in [1.165, 1.54) is 5.56 Å². The molecule has 0 bridgehead atoms. The van der Waals surface area contributed by atoms with Crippen LogP contribution in [0.4, 0.5) is 5.13 Å². The third-order valence-electron chi connectivity index (χ3n) is 5.99. The van der Waals surface area contributed by atoms with Gasteiger partial charge in [0, 0.05) is 31.2 Å². The first-order chi connectivity index (χ1) is 15.7. The smallest absolute Gasteiger partial charge is 0.272 e. The van der Waals surface area contributed by atoms with E-state index in [-0.39, 0.29) is 18.3 Å². The molecule has 184 valence electrons. The summed E-state index contributed by atoms with van der Waals surface area (Å²) in [6.07, 6.45) is 0. The molecule has 0 atom stereocenters. The van der Waals surface area contributed by atoms with Gasteiger partial charge in [0.2, 0.25) is 0 Å². The zero-order chi connectivity index (χ0) is 23.6. The molecule has 1 amide bonds. The van der Waals surface area contributed by atoms with Gasteiger partial charge in [-0.25, -0.2) is 4.98 Å². The molecule has 9 heteroatoms. The van der Waals surface area contributed by atoms with E-state index in [2.05, 4.69) is 30.9 Å². The van der Waals surface area contributed by atoms with Crippen LogP contribution in [0.2, 0.25) is 5.02 Å². The van der Waals surface area contributed by atoms with Crippen LogP contribution in [0.15, 0.2) is 36.4 Å². The number of nitrogens with zero attached hydrogens (tertiary/aromatic N) is 3. The van der Waals surface area contributed by atoms with E-state index in [1.54, 1.807) is 54.3 Å². The van der Waals surface area contributed by atoms with Gasteiger partial charge < -0.3 is 9.47 Å². The molecular weight excluding hydrogens is 493 g/mol. The van der Waals surface area contributed by atoms with Crippen molar-refractivity contribution in [1.82, 2.24) is 9.88 Å². The first-order valence-corrected chi connectivity index (χ1v) is 12.4. The summed E-state index contributed by atoms with van der Waals surface area (Å²) < 4.78 is 12.7. The average Bonchev–Trinajstić information content (AvgIpc) is 3.23. The highest BCUT2D eigenvalue weighted by Gasteiger charge is 2.36. The second-order valence-corrected chi connectivity index (χ2v) is 10.3. The van der Waals surface area contributed by atoms with Crippen molar-refractivity contribution in [3.63, 3.8) is 0 Å². The molecule has 0 radical (unpaired) electrons. The Morgan fingerprint density at radius 1 is 1.18 bits per heavy atom. The number of halogens is 2. The fraction of sp³-hybridized carbons (Fsp3) is 0.440. The molecule has 6 nitrogen and oxygen atoms in total. The highest BCUT2D eigenvalue weighted by molar-refractivity contribution is 7.22. The largest absolute Gasteiger partial charge is 0.478 e. The monoisotopic (exact) mass is 523 g/mol. The number of carbonyl (C=O) groups excluding carboxylic acids is 1. The number of aromatic nitrogens is 1. The van der Waals surface area contributed by atoms with Gasteiger partial charge in [0.1, 0.15) is 5.75 Å². The second-order valence-electron chi connectivity index (χ2n) is 8.83. The molecular formula is C25H31Cl2N3O3S. The van der Waals surface area contributed by atoms with E-state index >= 15 is 0 Å². The molecule has 0 saturated carbocycles. The maximum Gasteiger partial charge on any atom is 0.272 e. The lowest BCUT2D eigenvalue weighted by atomic mass is 10.1. The number of hydrogen-bond acceptors (Lipinski definition) is 6. The van der Waals surface area contributed by atoms with Gasteiger partial charge in [-0.3, -0.25) is 14.6 Å². The van der Waals surface area contributed by atoms with Crippen molar-refractivity contribution in [2.45, 2.75) is 33.3 Å². The molecule has 0 unspecified atom stereocenters. The van der Waals surface area contributed by atoms with Crippen LogP contribution in [0.25, 0.3) is 10.2 Å².